The summed E-state index contributed by atoms with van der Waals surface area (Å²) in [5.41, 5.74) is 3.20. The zero-order valence-electron chi connectivity index (χ0n) is 13.6. The lowest BCUT2D eigenvalue weighted by Crippen LogP contribution is -2.53. The summed E-state index contributed by atoms with van der Waals surface area (Å²) in [6, 6.07) is 0. The van der Waals surface area contributed by atoms with E-state index in [9.17, 15) is 4.79 Å². The predicted molar refractivity (Wildman–Crippen MR) is 86.9 cm³/mol. The summed E-state index contributed by atoms with van der Waals surface area (Å²) in [6.07, 6.45) is 16.7. The lowest BCUT2D eigenvalue weighted by atomic mass is 10.0. The summed E-state index contributed by atoms with van der Waals surface area (Å²) < 4.78 is 5.60. The number of hydrogen-bond donors (Lipinski definition) is 1. The summed E-state index contributed by atoms with van der Waals surface area (Å²) in [7, 11) is 0. The van der Waals surface area contributed by atoms with Gasteiger partial charge in [-0.05, 0) is 43.9 Å². The van der Waals surface area contributed by atoms with Gasteiger partial charge in [-0.1, -0.05) is 31.4 Å². The van der Waals surface area contributed by atoms with Gasteiger partial charge in [0.2, 0.25) is 0 Å². The molecular weight excluding hydrogens is 276 g/mol. The average Bonchev–Trinajstić information content (AvgIpc) is 3.15. The number of nitrogens with zero attached hydrogens (tertiary/aromatic N) is 1. The standard InChI is InChI=1S/C18H30N2O2/c21-15-22-18-10-7-5-3-1-2-4-6-9-16-13-17(16)14-19-20(18)12-8-11-18/h6,9,15-17,19H,1-5,7-8,10-14H2/b9-6+. The molecule has 0 aromatic heterocycles. The molecule has 3 atom stereocenters. The van der Waals surface area contributed by atoms with E-state index in [1.54, 1.807) is 0 Å². The fourth-order valence-corrected chi connectivity index (χ4v) is 4.04. The zero-order chi connectivity index (χ0) is 15.3. The normalized spacial score (nSPS) is 38.9. The number of carbonyl (C=O) groups is 1. The molecule has 4 heteroatoms. The Morgan fingerprint density at radius 3 is 2.86 bits per heavy atom. The van der Waals surface area contributed by atoms with E-state index < -0.39 is 0 Å². The van der Waals surface area contributed by atoms with E-state index in [1.165, 1.54) is 38.5 Å². The molecule has 3 rings (SSSR count). The third kappa shape index (κ3) is 3.90. The first-order chi connectivity index (χ1) is 10.8. The van der Waals surface area contributed by atoms with Gasteiger partial charge in [0.1, 0.15) is 0 Å². The van der Waals surface area contributed by atoms with Gasteiger partial charge in [-0.15, -0.1) is 0 Å². The fourth-order valence-electron chi connectivity index (χ4n) is 4.04. The van der Waals surface area contributed by atoms with Gasteiger partial charge >= 0.3 is 0 Å². The van der Waals surface area contributed by atoms with Crippen molar-refractivity contribution in [3.8, 4) is 0 Å². The Morgan fingerprint density at radius 1 is 1.14 bits per heavy atom. The molecule has 1 saturated heterocycles. The minimum atomic E-state index is -0.387. The number of hydrogen-bond acceptors (Lipinski definition) is 4. The fraction of sp³-hybridized carbons (Fsp3) is 0.833. The Kier molecular flexibility index (Phi) is 5.53. The second-order valence-corrected chi connectivity index (χ2v) is 7.17. The highest BCUT2D eigenvalue weighted by Gasteiger charge is 2.44. The van der Waals surface area contributed by atoms with Gasteiger partial charge in [0.15, 0.2) is 5.72 Å². The van der Waals surface area contributed by atoms with E-state index >= 15 is 0 Å². The highest BCUT2D eigenvalue weighted by Crippen LogP contribution is 2.40. The van der Waals surface area contributed by atoms with Crippen LogP contribution < -0.4 is 5.43 Å². The number of carbonyl (C=O) groups excluding carboxylic acids is 1. The summed E-state index contributed by atoms with van der Waals surface area (Å²) >= 11 is 0. The molecule has 3 unspecified atom stereocenters. The van der Waals surface area contributed by atoms with Crippen LogP contribution in [0.2, 0.25) is 0 Å². The first kappa shape index (κ1) is 16.0. The molecule has 4 nitrogen and oxygen atoms in total. The van der Waals surface area contributed by atoms with Crippen LogP contribution in [0.4, 0.5) is 0 Å². The maximum absolute atomic E-state index is 11.0. The Hall–Kier alpha value is -0.870. The topological polar surface area (TPSA) is 41.6 Å². The van der Waals surface area contributed by atoms with Crippen molar-refractivity contribution in [1.82, 2.24) is 10.4 Å². The molecule has 0 amide bonds. The highest BCUT2D eigenvalue weighted by molar-refractivity contribution is 5.38. The first-order valence-electron chi connectivity index (χ1n) is 9.13. The first-order valence-corrected chi connectivity index (χ1v) is 9.13. The lowest BCUT2D eigenvalue weighted by Gasteiger charge is -2.37. The van der Waals surface area contributed by atoms with Crippen LogP contribution in [0.3, 0.4) is 0 Å². The molecule has 1 saturated carbocycles. The average molecular weight is 306 g/mol. The van der Waals surface area contributed by atoms with Gasteiger partial charge < -0.3 is 4.74 Å². The molecule has 0 spiro atoms. The maximum Gasteiger partial charge on any atom is 0.294 e. The van der Waals surface area contributed by atoms with Crippen LogP contribution in [0.1, 0.15) is 64.2 Å². The molecule has 2 heterocycles. The number of ether oxygens (including phenoxy) is 1. The van der Waals surface area contributed by atoms with Crippen molar-refractivity contribution in [2.45, 2.75) is 69.9 Å². The van der Waals surface area contributed by atoms with Crippen molar-refractivity contribution in [3.63, 3.8) is 0 Å². The maximum atomic E-state index is 11.0. The Bertz CT molecular complexity index is 399. The zero-order valence-corrected chi connectivity index (χ0v) is 13.6. The van der Waals surface area contributed by atoms with E-state index in [4.69, 9.17) is 4.74 Å². The highest BCUT2D eigenvalue weighted by atomic mass is 16.6. The van der Waals surface area contributed by atoms with Gasteiger partial charge in [0.05, 0.1) is 0 Å². The Balaban J connectivity index is 1.62. The van der Waals surface area contributed by atoms with Crippen LogP contribution in [0, 0.1) is 11.8 Å². The summed E-state index contributed by atoms with van der Waals surface area (Å²) in [5.74, 6) is 1.53. The molecule has 2 aliphatic heterocycles. The van der Waals surface area contributed by atoms with Crippen molar-refractivity contribution in [2.24, 2.45) is 11.8 Å². The minimum Gasteiger partial charge on any atom is -0.445 e. The van der Waals surface area contributed by atoms with Crippen molar-refractivity contribution in [1.29, 1.82) is 0 Å². The molecule has 2 fully saturated rings. The summed E-state index contributed by atoms with van der Waals surface area (Å²) in [5, 5.41) is 2.22. The summed E-state index contributed by atoms with van der Waals surface area (Å²) in [6.45, 7) is 2.65. The third-order valence-electron chi connectivity index (χ3n) is 5.55. The van der Waals surface area contributed by atoms with Crippen molar-refractivity contribution < 1.29 is 9.53 Å². The summed E-state index contributed by atoms with van der Waals surface area (Å²) in [4.78, 5) is 11.0. The molecule has 3 aliphatic rings. The van der Waals surface area contributed by atoms with E-state index in [2.05, 4.69) is 22.6 Å². The molecule has 0 bridgehead atoms. The lowest BCUT2D eigenvalue weighted by molar-refractivity contribution is -0.173. The van der Waals surface area contributed by atoms with Gasteiger partial charge in [0, 0.05) is 25.9 Å². The molecule has 1 N–H and O–H groups in total. The monoisotopic (exact) mass is 306 g/mol. The van der Waals surface area contributed by atoms with Gasteiger partial charge in [-0.25, -0.2) is 5.01 Å². The molecule has 1 aliphatic carbocycles. The van der Waals surface area contributed by atoms with Crippen LogP contribution in [0.5, 0.6) is 0 Å². The van der Waals surface area contributed by atoms with E-state index in [1.807, 2.05) is 0 Å². The van der Waals surface area contributed by atoms with Crippen molar-refractivity contribution in [3.05, 3.63) is 12.2 Å². The van der Waals surface area contributed by atoms with E-state index in [-0.39, 0.29) is 5.72 Å². The molecule has 0 radical (unpaired) electrons. The van der Waals surface area contributed by atoms with Crippen LogP contribution in [-0.2, 0) is 9.53 Å². The Labute approximate surface area is 134 Å². The van der Waals surface area contributed by atoms with Crippen LogP contribution >= 0.6 is 0 Å². The second kappa shape index (κ2) is 7.60. The van der Waals surface area contributed by atoms with E-state index in [0.29, 0.717) is 6.47 Å². The molecule has 124 valence electrons. The Morgan fingerprint density at radius 2 is 1.95 bits per heavy atom. The van der Waals surface area contributed by atoms with Crippen LogP contribution in [0.15, 0.2) is 12.2 Å². The number of rotatable bonds is 2. The van der Waals surface area contributed by atoms with Gasteiger partial charge in [-0.2, -0.15) is 0 Å². The molecular formula is C18H30N2O2. The smallest absolute Gasteiger partial charge is 0.294 e. The van der Waals surface area contributed by atoms with Gasteiger partial charge in [-0.3, -0.25) is 10.2 Å². The number of fused-ring (bicyclic) bond motifs is 2. The van der Waals surface area contributed by atoms with E-state index in [0.717, 1.165) is 50.6 Å². The van der Waals surface area contributed by atoms with Crippen LogP contribution in [0.25, 0.3) is 0 Å². The molecule has 0 aromatic carbocycles. The van der Waals surface area contributed by atoms with Crippen molar-refractivity contribution >= 4 is 6.47 Å². The molecule has 0 aromatic rings. The minimum absolute atomic E-state index is 0.387. The number of hydrazine groups is 1. The van der Waals surface area contributed by atoms with Crippen LogP contribution in [-0.4, -0.2) is 30.3 Å². The van der Waals surface area contributed by atoms with Crippen molar-refractivity contribution in [2.75, 3.05) is 13.1 Å². The molecule has 22 heavy (non-hydrogen) atoms. The second-order valence-electron chi connectivity index (χ2n) is 7.17. The largest absolute Gasteiger partial charge is 0.445 e. The third-order valence-corrected chi connectivity index (χ3v) is 5.55. The number of allylic oxidation sites excluding steroid dienone is 2. The number of nitrogens with one attached hydrogen (secondary N) is 1. The quantitative estimate of drug-likeness (QED) is 0.627. The van der Waals surface area contributed by atoms with Gasteiger partial charge in [0.25, 0.3) is 6.47 Å². The predicted octanol–water partition coefficient (Wildman–Crippen LogP) is 3.39. The SMILES string of the molecule is O=COC12CCCCCCC/C=C/C3CC3CNN1CCC2.